The Morgan fingerprint density at radius 3 is 2.56 bits per heavy atom. The molecule has 0 aliphatic heterocycles. The predicted octanol–water partition coefficient (Wildman–Crippen LogP) is 2.49. The van der Waals surface area contributed by atoms with Gasteiger partial charge in [-0.05, 0) is 12.1 Å². The summed E-state index contributed by atoms with van der Waals surface area (Å²) in [5.74, 6) is -4.28. The van der Waals surface area contributed by atoms with E-state index in [0.717, 1.165) is 6.07 Å². The Morgan fingerprint density at radius 1 is 1.44 bits per heavy atom. The Bertz CT molecular complexity index is 453. The van der Waals surface area contributed by atoms with Crippen molar-refractivity contribution in [3.63, 3.8) is 0 Å². The molecule has 0 amide bonds. The molecule has 0 aliphatic carbocycles. The van der Waals surface area contributed by atoms with Crippen LogP contribution in [0.2, 0.25) is 0 Å². The van der Waals surface area contributed by atoms with Crippen LogP contribution in [0.1, 0.15) is 0 Å². The molecule has 0 unspecified atom stereocenters. The van der Waals surface area contributed by atoms with E-state index in [0.29, 0.717) is 0 Å². The Balaban J connectivity index is 2.92. The van der Waals surface area contributed by atoms with Gasteiger partial charge in [0.2, 0.25) is 0 Å². The summed E-state index contributed by atoms with van der Waals surface area (Å²) >= 11 is 0. The third-order valence-corrected chi connectivity index (χ3v) is 2.08. The molecule has 0 radical (unpaired) electrons. The van der Waals surface area contributed by atoms with Crippen LogP contribution < -0.4 is 11.1 Å². The lowest BCUT2D eigenvalue weighted by atomic mass is 10.2. The quantitative estimate of drug-likeness (QED) is 0.371. The van der Waals surface area contributed by atoms with E-state index < -0.39 is 29.5 Å². The highest BCUT2D eigenvalue weighted by Crippen LogP contribution is 2.32. The Kier molecular flexibility index (Phi) is 3.94. The van der Waals surface area contributed by atoms with Crippen molar-refractivity contribution in [3.05, 3.63) is 28.3 Å². The third kappa shape index (κ3) is 2.99. The highest BCUT2D eigenvalue weighted by Gasteiger charge is 2.40. The van der Waals surface area contributed by atoms with Crippen molar-refractivity contribution in [3.8, 4) is 0 Å². The van der Waals surface area contributed by atoms with Crippen molar-refractivity contribution in [2.24, 2.45) is 0 Å². The standard InChI is InChI=1S/C9H9F4N3O2/c10-8(11)9(12,13)4-15-6-3-1-2-5(14)7(6)16(17)18/h1-3,8,15H,4,14H2. The lowest BCUT2D eigenvalue weighted by molar-refractivity contribution is -0.383. The van der Waals surface area contributed by atoms with E-state index in [2.05, 4.69) is 0 Å². The Morgan fingerprint density at radius 2 is 2.06 bits per heavy atom. The zero-order valence-corrected chi connectivity index (χ0v) is 8.87. The highest BCUT2D eigenvalue weighted by atomic mass is 19.3. The van der Waals surface area contributed by atoms with E-state index in [4.69, 9.17) is 5.73 Å². The molecule has 0 bridgehead atoms. The average Bonchev–Trinajstić information content (AvgIpc) is 2.25. The van der Waals surface area contributed by atoms with E-state index in [1.165, 1.54) is 12.1 Å². The molecule has 1 rings (SSSR count). The number of nitrogens with one attached hydrogen (secondary N) is 1. The minimum Gasteiger partial charge on any atom is -0.393 e. The molecule has 1 aromatic carbocycles. The van der Waals surface area contributed by atoms with Crippen LogP contribution in [-0.4, -0.2) is 23.8 Å². The minimum atomic E-state index is -4.28. The molecular formula is C9H9F4N3O2. The molecule has 0 aromatic heterocycles. The van der Waals surface area contributed by atoms with Gasteiger partial charge >= 0.3 is 18.0 Å². The van der Waals surface area contributed by atoms with Crippen LogP contribution >= 0.6 is 0 Å². The monoisotopic (exact) mass is 267 g/mol. The fourth-order valence-corrected chi connectivity index (χ4v) is 1.20. The number of benzene rings is 1. The summed E-state index contributed by atoms with van der Waals surface area (Å²) in [5.41, 5.74) is 4.10. The van der Waals surface area contributed by atoms with Crippen LogP contribution in [0.4, 0.5) is 34.6 Å². The largest absolute Gasteiger partial charge is 0.393 e. The summed E-state index contributed by atoms with van der Waals surface area (Å²) in [7, 11) is 0. The molecule has 0 saturated carbocycles. The number of nitrogens with two attached hydrogens (primary N) is 1. The Labute approximate surface area is 98.7 Å². The van der Waals surface area contributed by atoms with Gasteiger partial charge in [0.1, 0.15) is 11.4 Å². The maximum atomic E-state index is 12.7. The molecule has 1 aromatic rings. The number of para-hydroxylation sites is 1. The van der Waals surface area contributed by atoms with Gasteiger partial charge in [-0.1, -0.05) is 6.07 Å². The van der Waals surface area contributed by atoms with Gasteiger partial charge in [-0.15, -0.1) is 0 Å². The summed E-state index contributed by atoms with van der Waals surface area (Å²) < 4.78 is 49.1. The van der Waals surface area contributed by atoms with Crippen molar-refractivity contribution in [2.45, 2.75) is 12.3 Å². The second kappa shape index (κ2) is 5.07. The normalized spacial score (nSPS) is 11.6. The van der Waals surface area contributed by atoms with Gasteiger partial charge in [0, 0.05) is 0 Å². The van der Waals surface area contributed by atoms with E-state index in [1.807, 2.05) is 5.32 Å². The summed E-state index contributed by atoms with van der Waals surface area (Å²) in [6.07, 6.45) is -3.86. The fourth-order valence-electron chi connectivity index (χ4n) is 1.20. The first-order valence-electron chi connectivity index (χ1n) is 4.68. The number of nitro benzene ring substituents is 1. The van der Waals surface area contributed by atoms with Crippen molar-refractivity contribution in [2.75, 3.05) is 17.6 Å². The van der Waals surface area contributed by atoms with Gasteiger partial charge < -0.3 is 11.1 Å². The second-order valence-corrected chi connectivity index (χ2v) is 3.42. The van der Waals surface area contributed by atoms with E-state index in [-0.39, 0.29) is 11.4 Å². The molecule has 100 valence electrons. The van der Waals surface area contributed by atoms with Gasteiger partial charge in [0.25, 0.3) is 0 Å². The van der Waals surface area contributed by atoms with Crippen LogP contribution in [0.5, 0.6) is 0 Å². The van der Waals surface area contributed by atoms with Crippen LogP contribution in [-0.2, 0) is 0 Å². The molecular weight excluding hydrogens is 258 g/mol. The Hall–Kier alpha value is -2.06. The molecule has 0 aliphatic rings. The number of nitro groups is 1. The molecule has 3 N–H and O–H groups in total. The van der Waals surface area contributed by atoms with Crippen LogP contribution in [0.3, 0.4) is 0 Å². The fraction of sp³-hybridized carbons (Fsp3) is 0.333. The molecule has 0 saturated heterocycles. The van der Waals surface area contributed by atoms with E-state index in [9.17, 15) is 27.7 Å². The number of alkyl halides is 4. The lowest BCUT2D eigenvalue weighted by Crippen LogP contribution is -2.35. The number of halogens is 4. The smallest absolute Gasteiger partial charge is 0.324 e. The van der Waals surface area contributed by atoms with E-state index in [1.54, 1.807) is 0 Å². The van der Waals surface area contributed by atoms with E-state index >= 15 is 0 Å². The summed E-state index contributed by atoms with van der Waals surface area (Å²) in [4.78, 5) is 9.77. The van der Waals surface area contributed by atoms with Crippen LogP contribution in [0, 0.1) is 10.1 Å². The SMILES string of the molecule is Nc1cccc(NCC(F)(F)C(F)F)c1[N+](=O)[O-]. The van der Waals surface area contributed by atoms with Gasteiger partial charge in [0.05, 0.1) is 11.5 Å². The number of hydrogen-bond donors (Lipinski definition) is 2. The first-order chi connectivity index (χ1) is 8.25. The number of anilines is 2. The molecule has 0 fully saturated rings. The van der Waals surface area contributed by atoms with Gasteiger partial charge in [-0.25, -0.2) is 8.78 Å². The molecule has 9 heteroatoms. The molecule has 5 nitrogen and oxygen atoms in total. The first kappa shape index (κ1) is 14.0. The van der Waals surface area contributed by atoms with Gasteiger partial charge in [-0.3, -0.25) is 10.1 Å². The van der Waals surface area contributed by atoms with Crippen molar-refractivity contribution in [1.82, 2.24) is 0 Å². The van der Waals surface area contributed by atoms with Gasteiger partial charge in [0.15, 0.2) is 0 Å². The zero-order valence-electron chi connectivity index (χ0n) is 8.87. The summed E-state index contributed by atoms with van der Waals surface area (Å²) in [6, 6.07) is 3.59. The third-order valence-electron chi connectivity index (χ3n) is 2.08. The maximum Gasteiger partial charge on any atom is 0.324 e. The molecule has 0 atom stereocenters. The van der Waals surface area contributed by atoms with Crippen LogP contribution in [0.15, 0.2) is 18.2 Å². The van der Waals surface area contributed by atoms with Crippen molar-refractivity contribution in [1.29, 1.82) is 0 Å². The molecule has 18 heavy (non-hydrogen) atoms. The lowest BCUT2D eigenvalue weighted by Gasteiger charge is -2.16. The molecule has 0 spiro atoms. The maximum absolute atomic E-state index is 12.7. The number of hydrogen-bond acceptors (Lipinski definition) is 4. The van der Waals surface area contributed by atoms with Crippen molar-refractivity contribution >= 4 is 17.1 Å². The molecule has 0 heterocycles. The number of nitrogens with zero attached hydrogens (tertiary/aromatic N) is 1. The summed E-state index contributed by atoms with van der Waals surface area (Å²) in [5, 5.41) is 12.6. The summed E-state index contributed by atoms with van der Waals surface area (Å²) in [6.45, 7) is -1.42. The number of nitrogen functional groups attached to an aromatic ring is 1. The topological polar surface area (TPSA) is 81.2 Å². The zero-order chi connectivity index (χ0) is 13.9. The first-order valence-corrected chi connectivity index (χ1v) is 4.68. The van der Waals surface area contributed by atoms with Crippen molar-refractivity contribution < 1.29 is 22.5 Å². The van der Waals surface area contributed by atoms with Gasteiger partial charge in [-0.2, -0.15) is 8.78 Å². The second-order valence-electron chi connectivity index (χ2n) is 3.42. The van der Waals surface area contributed by atoms with Crippen LogP contribution in [0.25, 0.3) is 0 Å². The predicted molar refractivity (Wildman–Crippen MR) is 56.9 cm³/mol. The highest BCUT2D eigenvalue weighted by molar-refractivity contribution is 5.74. The number of rotatable bonds is 5. The average molecular weight is 267 g/mol. The minimum absolute atomic E-state index is 0.245.